The van der Waals surface area contributed by atoms with Crippen molar-refractivity contribution in [3.63, 3.8) is 0 Å². The van der Waals surface area contributed by atoms with Crippen LogP contribution in [-0.2, 0) is 45.1 Å². The second-order valence-corrected chi connectivity index (χ2v) is 6.43. The van der Waals surface area contributed by atoms with Gasteiger partial charge in [-0.05, 0) is 12.8 Å². The summed E-state index contributed by atoms with van der Waals surface area (Å²) < 4.78 is 35.4. The molecule has 0 saturated heterocycles. The molecule has 0 aliphatic rings. The van der Waals surface area contributed by atoms with Crippen molar-refractivity contribution in [3.05, 3.63) is 0 Å². The van der Waals surface area contributed by atoms with E-state index in [0.717, 1.165) is 0 Å². The van der Waals surface area contributed by atoms with E-state index in [2.05, 4.69) is 4.18 Å². The van der Waals surface area contributed by atoms with E-state index in [1.54, 1.807) is 0 Å². The number of carbonyl (C=O) groups is 2. The first-order valence-corrected chi connectivity index (χ1v) is 8.97. The molecule has 2 unspecified atom stereocenters. The zero-order valence-corrected chi connectivity index (χ0v) is 13.3. The minimum absolute atomic E-state index is 0.0815. The van der Waals surface area contributed by atoms with Crippen molar-refractivity contribution in [2.75, 3.05) is 25.2 Å². The van der Waals surface area contributed by atoms with Gasteiger partial charge in [0, 0.05) is 19.1 Å². The van der Waals surface area contributed by atoms with Gasteiger partial charge in [-0.15, -0.1) is 0 Å². The lowest BCUT2D eigenvalue weighted by atomic mass is 10.1. The van der Waals surface area contributed by atoms with Crippen LogP contribution in [0.4, 0.5) is 0 Å². The lowest BCUT2D eigenvalue weighted by molar-refractivity contribution is -0.142. The van der Waals surface area contributed by atoms with Gasteiger partial charge in [0.1, 0.15) is 0 Å². The van der Waals surface area contributed by atoms with Gasteiger partial charge in [-0.25, -0.2) is 4.21 Å². The van der Waals surface area contributed by atoms with Crippen LogP contribution in [0, 0.1) is 0 Å². The fourth-order valence-corrected chi connectivity index (χ4v) is 1.79. The van der Waals surface area contributed by atoms with Gasteiger partial charge in [0.25, 0.3) is 0 Å². The smallest absolute Gasteiger partial charge is 0.306 e. The minimum Gasteiger partial charge on any atom is -0.452 e. The Bertz CT molecular complexity index is 357. The highest BCUT2D eigenvalue weighted by atomic mass is 32.2. The fourth-order valence-electron chi connectivity index (χ4n) is 1.17. The molecule has 118 valence electrons. The van der Waals surface area contributed by atoms with E-state index in [0.29, 0.717) is 19.3 Å². The highest BCUT2D eigenvalue weighted by Gasteiger charge is 2.07. The van der Waals surface area contributed by atoms with Crippen LogP contribution in [0.5, 0.6) is 0 Å². The van der Waals surface area contributed by atoms with Gasteiger partial charge < -0.3 is 9.47 Å². The van der Waals surface area contributed by atoms with E-state index >= 15 is 0 Å². The molecule has 0 amide bonds. The normalized spacial score (nSPS) is 13.5. The maximum atomic E-state index is 11.2. The summed E-state index contributed by atoms with van der Waals surface area (Å²) in [5, 5.41) is 0. The third-order valence-corrected chi connectivity index (χ3v) is 3.28. The average Bonchev–Trinajstić information content (AvgIpc) is 2.41. The second-order valence-electron chi connectivity index (χ2n) is 3.87. The van der Waals surface area contributed by atoms with E-state index in [1.165, 1.54) is 13.4 Å². The van der Waals surface area contributed by atoms with Crippen LogP contribution < -0.4 is 0 Å². The molecule has 0 radical (unpaired) electrons. The summed E-state index contributed by atoms with van der Waals surface area (Å²) >= 11 is -1.60. The maximum absolute atomic E-state index is 11.2. The predicted octanol–water partition coefficient (Wildman–Crippen LogP) is 0.627. The van der Waals surface area contributed by atoms with Gasteiger partial charge in [0.15, 0.2) is 23.0 Å². The molecule has 9 heteroatoms. The molecule has 0 aliphatic carbocycles. The van der Waals surface area contributed by atoms with Crippen LogP contribution >= 0.6 is 0 Å². The Morgan fingerprint density at radius 3 is 1.85 bits per heavy atom. The molecule has 0 rings (SSSR count). The van der Waals surface area contributed by atoms with Gasteiger partial charge in [-0.2, -0.15) is 0 Å². The molecule has 0 aromatic heterocycles. The molecule has 7 nitrogen and oxygen atoms in total. The van der Waals surface area contributed by atoms with Crippen LogP contribution in [0.3, 0.4) is 0 Å². The summed E-state index contributed by atoms with van der Waals surface area (Å²) in [6, 6.07) is 0. The topological polar surface area (TPSA) is 96.0 Å². The third kappa shape index (κ3) is 12.2. The lowest BCUT2D eigenvalue weighted by Crippen LogP contribution is -2.10. The number of hydrogen-bond donors (Lipinski definition) is 0. The largest absolute Gasteiger partial charge is 0.452 e. The Morgan fingerprint density at radius 2 is 1.40 bits per heavy atom. The number of hydrogen-bond acceptors (Lipinski definition) is 7. The van der Waals surface area contributed by atoms with E-state index in [4.69, 9.17) is 9.47 Å². The van der Waals surface area contributed by atoms with E-state index < -0.39 is 33.8 Å². The van der Waals surface area contributed by atoms with Crippen molar-refractivity contribution in [2.24, 2.45) is 0 Å². The molecule has 0 aromatic carbocycles. The van der Waals surface area contributed by atoms with Crippen LogP contribution in [0.2, 0.25) is 0 Å². The van der Waals surface area contributed by atoms with Crippen LogP contribution in [0.1, 0.15) is 32.1 Å². The van der Waals surface area contributed by atoms with Gasteiger partial charge in [0.2, 0.25) is 0 Å². The Labute approximate surface area is 123 Å². The molecular formula is C11H20O7S2. The molecule has 0 spiro atoms. The number of unbranched alkanes of at least 4 members (excludes halogenated alkanes) is 2. The van der Waals surface area contributed by atoms with Crippen LogP contribution in [0.25, 0.3) is 0 Å². The maximum Gasteiger partial charge on any atom is 0.306 e. The molecule has 0 saturated carbocycles. The van der Waals surface area contributed by atoms with Gasteiger partial charge in [-0.3, -0.25) is 18.0 Å². The highest BCUT2D eigenvalue weighted by Crippen LogP contribution is 2.05. The summed E-state index contributed by atoms with van der Waals surface area (Å²) in [5.41, 5.74) is 0. The molecule has 2 atom stereocenters. The van der Waals surface area contributed by atoms with Crippen molar-refractivity contribution in [1.82, 2.24) is 0 Å². The Kier molecular flexibility index (Phi) is 11.5. The summed E-state index contributed by atoms with van der Waals surface area (Å²) in [4.78, 5) is 22.4. The Morgan fingerprint density at radius 1 is 0.900 bits per heavy atom. The molecule has 0 aliphatic heterocycles. The summed E-state index contributed by atoms with van der Waals surface area (Å²) in [6.07, 6.45) is 3.73. The zero-order valence-electron chi connectivity index (χ0n) is 11.6. The standard InChI is InChI=1S/C11H20O7S2/c1-16-20(15)9-18-11(13)7-5-3-4-6-10(12)17-8-19(2)14/h3-9H2,1-2H3. The number of carbonyl (C=O) groups excluding carboxylic acids is 2. The number of ether oxygens (including phenoxy) is 2. The van der Waals surface area contributed by atoms with Crippen molar-refractivity contribution < 1.29 is 31.7 Å². The third-order valence-electron chi connectivity index (χ3n) is 2.15. The summed E-state index contributed by atoms with van der Waals surface area (Å²) in [6.45, 7) is 0. The molecule has 0 heterocycles. The Hall–Kier alpha value is -0.800. The molecule has 0 bridgehead atoms. The molecule has 0 fully saturated rings. The first kappa shape index (κ1) is 19.2. The van der Waals surface area contributed by atoms with E-state index in [-0.39, 0.29) is 24.7 Å². The van der Waals surface area contributed by atoms with Gasteiger partial charge in [-0.1, -0.05) is 6.42 Å². The highest BCUT2D eigenvalue weighted by molar-refractivity contribution is 7.84. The Balaban J connectivity index is 3.47. The van der Waals surface area contributed by atoms with Crippen molar-refractivity contribution in [2.45, 2.75) is 32.1 Å². The first-order valence-electron chi connectivity index (χ1n) is 5.99. The van der Waals surface area contributed by atoms with Crippen molar-refractivity contribution in [3.8, 4) is 0 Å². The molecule has 0 aromatic rings. The molecule has 0 N–H and O–H groups in total. The van der Waals surface area contributed by atoms with Crippen LogP contribution in [-0.4, -0.2) is 45.6 Å². The number of rotatable bonds is 11. The van der Waals surface area contributed by atoms with E-state index in [9.17, 15) is 18.0 Å². The second kappa shape index (κ2) is 12.0. The van der Waals surface area contributed by atoms with Crippen LogP contribution in [0.15, 0.2) is 0 Å². The fraction of sp³-hybridized carbons (Fsp3) is 0.818. The molecular weight excluding hydrogens is 308 g/mol. The van der Waals surface area contributed by atoms with Crippen molar-refractivity contribution in [1.29, 1.82) is 0 Å². The van der Waals surface area contributed by atoms with E-state index in [1.807, 2.05) is 0 Å². The monoisotopic (exact) mass is 328 g/mol. The van der Waals surface area contributed by atoms with Gasteiger partial charge >= 0.3 is 11.9 Å². The zero-order chi connectivity index (χ0) is 15.4. The average molecular weight is 328 g/mol. The van der Waals surface area contributed by atoms with Gasteiger partial charge in [0.05, 0.1) is 17.9 Å². The summed E-state index contributed by atoms with van der Waals surface area (Å²) in [5.74, 6) is -1.19. The van der Waals surface area contributed by atoms with Crippen molar-refractivity contribution >= 4 is 33.8 Å². The summed E-state index contributed by atoms with van der Waals surface area (Å²) in [7, 11) is 0.113. The minimum atomic E-state index is -1.60. The predicted molar refractivity (Wildman–Crippen MR) is 74.2 cm³/mol. The number of esters is 2. The first-order chi connectivity index (χ1) is 9.45. The SMILES string of the molecule is COS(=O)COC(=O)CCCCCC(=O)OCS(C)=O. The quantitative estimate of drug-likeness (QED) is 0.405. The lowest BCUT2D eigenvalue weighted by Gasteiger charge is -2.04. The molecule has 20 heavy (non-hydrogen) atoms.